The molecule has 5 nitrogen and oxygen atoms in total. The molecule has 39 heavy (non-hydrogen) atoms. The molecule has 1 N–H and O–H groups in total. The Kier molecular flexibility index (Phi) is 8.03. The van der Waals surface area contributed by atoms with Crippen molar-refractivity contribution in [2.75, 3.05) is 13.2 Å². The molecule has 1 aliphatic heterocycles. The number of nitrogens with zero attached hydrogens (tertiary/aromatic N) is 1. The molecule has 2 heterocycles. The second kappa shape index (κ2) is 11.6. The molecule has 0 aliphatic carbocycles. The number of hydrogen-bond donors (Lipinski definition) is 1. The zero-order valence-electron chi connectivity index (χ0n) is 23.2. The lowest BCUT2D eigenvalue weighted by Crippen LogP contribution is -2.24. The molecule has 0 bridgehead atoms. The highest BCUT2D eigenvalue weighted by Crippen LogP contribution is 2.35. The minimum absolute atomic E-state index is 0. The number of fused-ring (bicyclic) bond motifs is 1. The van der Waals surface area contributed by atoms with Crippen LogP contribution in [0, 0.1) is 5.82 Å². The van der Waals surface area contributed by atoms with E-state index in [1.807, 2.05) is 62.4 Å². The van der Waals surface area contributed by atoms with Crippen LogP contribution in [0.15, 0.2) is 66.7 Å². The Morgan fingerprint density at radius 3 is 2.51 bits per heavy atom. The summed E-state index contributed by atoms with van der Waals surface area (Å²) in [6.45, 7) is 10.3. The minimum atomic E-state index is -0.237. The predicted octanol–water partition coefficient (Wildman–Crippen LogP) is 7.42. The average Bonchev–Trinajstić information content (AvgIpc) is 3.54. The van der Waals surface area contributed by atoms with Gasteiger partial charge in [-0.3, -0.25) is 4.79 Å². The van der Waals surface area contributed by atoms with Crippen LogP contribution < -0.4 is 10.1 Å². The molecular weight excluding hydrogens is 491 g/mol. The van der Waals surface area contributed by atoms with E-state index in [1.165, 1.54) is 6.07 Å². The monoisotopic (exact) mass is 530 g/mol. The van der Waals surface area contributed by atoms with Crippen LogP contribution >= 0.6 is 0 Å². The van der Waals surface area contributed by atoms with Crippen molar-refractivity contribution in [1.82, 2.24) is 9.88 Å². The molecule has 5 rings (SSSR count). The van der Waals surface area contributed by atoms with E-state index in [1.54, 1.807) is 0 Å². The van der Waals surface area contributed by atoms with Gasteiger partial charge in [-0.15, -0.1) is 0 Å². The quantitative estimate of drug-likeness (QED) is 0.245. The third-order valence-corrected chi connectivity index (χ3v) is 7.36. The normalized spacial score (nSPS) is 15.4. The first-order valence-electron chi connectivity index (χ1n) is 13.8. The average molecular weight is 531 g/mol. The van der Waals surface area contributed by atoms with E-state index in [4.69, 9.17) is 9.47 Å². The van der Waals surface area contributed by atoms with Crippen molar-refractivity contribution in [2.45, 2.75) is 65.1 Å². The summed E-state index contributed by atoms with van der Waals surface area (Å²) in [4.78, 5) is 13.8. The maximum Gasteiger partial charge on any atom is 0.254 e. The Hall–Kier alpha value is -3.64. The number of aromatic nitrogens is 1. The van der Waals surface area contributed by atoms with E-state index in [-0.39, 0.29) is 37.6 Å². The molecule has 1 amide bonds. The Balaban J connectivity index is 0.00000370. The van der Waals surface area contributed by atoms with Gasteiger partial charge in [-0.05, 0) is 46.7 Å². The van der Waals surface area contributed by atoms with Crippen molar-refractivity contribution < 1.29 is 20.1 Å². The van der Waals surface area contributed by atoms with Gasteiger partial charge >= 0.3 is 0 Å². The minimum Gasteiger partial charge on any atom is -0.488 e. The Labute approximate surface area is 231 Å². The van der Waals surface area contributed by atoms with Gasteiger partial charge in [-0.1, -0.05) is 70.2 Å². The number of ether oxygens (including phenoxy) is 2. The molecule has 206 valence electrons. The summed E-state index contributed by atoms with van der Waals surface area (Å²) in [5.74, 6) is 0.569. The molecule has 3 aromatic carbocycles. The van der Waals surface area contributed by atoms with Crippen LogP contribution in [0.5, 0.6) is 5.75 Å². The largest absolute Gasteiger partial charge is 0.488 e. The van der Waals surface area contributed by atoms with Crippen LogP contribution in [0.2, 0.25) is 0 Å². The maximum absolute atomic E-state index is 14.6. The maximum atomic E-state index is 14.6. The van der Waals surface area contributed by atoms with Crippen molar-refractivity contribution in [1.29, 1.82) is 0 Å². The van der Waals surface area contributed by atoms with Gasteiger partial charge in [0.25, 0.3) is 5.91 Å². The molecule has 1 saturated heterocycles. The van der Waals surface area contributed by atoms with Gasteiger partial charge in [0.2, 0.25) is 0 Å². The third kappa shape index (κ3) is 5.86. The zero-order chi connectivity index (χ0) is 27.5. The van der Waals surface area contributed by atoms with E-state index in [0.29, 0.717) is 30.9 Å². The number of benzene rings is 3. The van der Waals surface area contributed by atoms with Gasteiger partial charge in [0, 0.05) is 38.1 Å². The molecule has 1 aliphatic rings. The fourth-order valence-corrected chi connectivity index (χ4v) is 5.42. The van der Waals surface area contributed by atoms with Crippen LogP contribution in [0.1, 0.15) is 80.1 Å². The van der Waals surface area contributed by atoms with Crippen molar-refractivity contribution in [3.05, 3.63) is 100 Å². The van der Waals surface area contributed by atoms with Crippen molar-refractivity contribution in [3.8, 4) is 5.75 Å². The molecule has 6 heteroatoms. The zero-order valence-corrected chi connectivity index (χ0v) is 23.2. The van der Waals surface area contributed by atoms with Gasteiger partial charge in [0.1, 0.15) is 17.7 Å². The van der Waals surface area contributed by atoms with Crippen LogP contribution in [-0.4, -0.2) is 29.8 Å². The smallest absolute Gasteiger partial charge is 0.254 e. The van der Waals surface area contributed by atoms with E-state index in [0.717, 1.165) is 39.9 Å². The Morgan fingerprint density at radius 2 is 1.85 bits per heavy atom. The number of rotatable bonds is 9. The number of amides is 1. The van der Waals surface area contributed by atoms with Crippen LogP contribution in [0.4, 0.5) is 4.39 Å². The number of carbonyl (C=O) groups is 1. The van der Waals surface area contributed by atoms with E-state index < -0.39 is 0 Å². The lowest BCUT2D eigenvalue weighted by Gasteiger charge is -2.16. The molecule has 0 spiro atoms. The molecule has 1 unspecified atom stereocenters. The molecular formula is C33H39FN2O3. The predicted molar refractivity (Wildman–Crippen MR) is 155 cm³/mol. The second-order valence-corrected chi connectivity index (χ2v) is 11.0. The number of nitrogens with one attached hydrogen (secondary N) is 1. The van der Waals surface area contributed by atoms with Gasteiger partial charge in [0.15, 0.2) is 0 Å². The fourth-order valence-electron chi connectivity index (χ4n) is 5.42. The Bertz CT molecular complexity index is 1460. The Morgan fingerprint density at radius 1 is 1.05 bits per heavy atom. The summed E-state index contributed by atoms with van der Waals surface area (Å²) in [6, 6.07) is 21.4. The molecule has 1 aromatic heterocycles. The summed E-state index contributed by atoms with van der Waals surface area (Å²) in [6.07, 6.45) is 0.905. The summed E-state index contributed by atoms with van der Waals surface area (Å²) in [7, 11) is 0. The highest BCUT2D eigenvalue weighted by atomic mass is 19.1. The van der Waals surface area contributed by atoms with Crippen molar-refractivity contribution in [2.24, 2.45) is 0 Å². The van der Waals surface area contributed by atoms with E-state index >= 15 is 0 Å². The highest BCUT2D eigenvalue weighted by molar-refractivity contribution is 6.09. The van der Waals surface area contributed by atoms with E-state index in [9.17, 15) is 9.18 Å². The first kappa shape index (κ1) is 26.9. The van der Waals surface area contributed by atoms with Crippen molar-refractivity contribution in [3.63, 3.8) is 0 Å². The van der Waals surface area contributed by atoms with Crippen LogP contribution in [-0.2, 0) is 17.8 Å². The van der Waals surface area contributed by atoms with Crippen molar-refractivity contribution >= 4 is 16.8 Å². The lowest BCUT2D eigenvalue weighted by molar-refractivity contribution is 0.0951. The molecule has 4 aromatic rings. The number of carbonyl (C=O) groups excluding carboxylic acids is 1. The lowest BCUT2D eigenvalue weighted by atomic mass is 10.0. The van der Waals surface area contributed by atoms with Crippen LogP contribution in [0.25, 0.3) is 10.9 Å². The van der Waals surface area contributed by atoms with Gasteiger partial charge in [-0.25, -0.2) is 4.39 Å². The van der Waals surface area contributed by atoms with Gasteiger partial charge < -0.3 is 19.4 Å². The first-order chi connectivity index (χ1) is 18.8. The third-order valence-electron chi connectivity index (χ3n) is 7.36. The molecule has 1 atom stereocenters. The molecule has 0 radical (unpaired) electrons. The standard InChI is InChI=1S/C33H37FN2O3.H2/c1-21(2)27-12-10-24(16-29(27)34)18-35-33(37)31-28-13-11-25(39-26-14-15-38-20-26)17-30(28)36(32(31)22(3)4)19-23-8-6-5-7-9-23;/h5-13,16-17,21-22,26H,14-15,18-20H2,1-4H3,(H,35,37);1H. The summed E-state index contributed by atoms with van der Waals surface area (Å²) in [5.41, 5.74) is 5.15. The summed E-state index contributed by atoms with van der Waals surface area (Å²) < 4.78 is 28.5. The van der Waals surface area contributed by atoms with Gasteiger partial charge in [-0.2, -0.15) is 0 Å². The summed E-state index contributed by atoms with van der Waals surface area (Å²) >= 11 is 0. The van der Waals surface area contributed by atoms with E-state index in [2.05, 4.69) is 35.9 Å². The topological polar surface area (TPSA) is 52.5 Å². The fraction of sp³-hybridized carbons (Fsp3) is 0.364. The molecule has 0 saturated carbocycles. The van der Waals surface area contributed by atoms with Crippen LogP contribution in [0.3, 0.4) is 0 Å². The second-order valence-electron chi connectivity index (χ2n) is 11.0. The van der Waals surface area contributed by atoms with Gasteiger partial charge in [0.05, 0.1) is 24.3 Å². The number of halogens is 1. The highest BCUT2D eigenvalue weighted by Gasteiger charge is 2.26. The SMILES string of the molecule is CC(C)c1ccc(CNC(=O)c2c(C(C)C)n(Cc3ccccc3)c3cc(OC4CCOC4)ccc23)cc1F.[HH]. The summed E-state index contributed by atoms with van der Waals surface area (Å²) in [5, 5.41) is 3.94. The molecule has 1 fully saturated rings. The number of hydrogen-bond acceptors (Lipinski definition) is 3. The first-order valence-corrected chi connectivity index (χ1v) is 13.8.